The third-order valence-electron chi connectivity index (χ3n) is 1.82. The molecule has 0 bridgehead atoms. The van der Waals surface area contributed by atoms with Crippen molar-refractivity contribution >= 4 is 11.4 Å². The predicted octanol–water partition coefficient (Wildman–Crippen LogP) is 2.14. The number of anilines is 1. The second-order valence-electron chi connectivity index (χ2n) is 3.00. The number of hydrogen-bond donors (Lipinski definition) is 1. The average Bonchev–Trinajstić information content (AvgIpc) is 2.03. The number of hydrogen-bond acceptors (Lipinski definition) is 3. The zero-order chi connectivity index (χ0) is 10.0. The molecule has 0 fully saturated rings. The van der Waals surface area contributed by atoms with E-state index >= 15 is 0 Å². The van der Waals surface area contributed by atoms with Crippen LogP contribution in [0.1, 0.15) is 19.4 Å². The smallest absolute Gasteiger partial charge is 0.238 e. The standard InChI is InChI=1S/C9H11N2O2.W/c1-6(2)7-4-3-5-8(9(7)10)11(12)13;/h3-5H,10H2,1-2H3;/q-1;. The molecule has 4 nitrogen and oxygen atoms in total. The van der Waals surface area contributed by atoms with Crippen molar-refractivity contribution in [2.75, 3.05) is 5.73 Å². The van der Waals surface area contributed by atoms with Crippen LogP contribution >= 0.6 is 0 Å². The fourth-order valence-corrected chi connectivity index (χ4v) is 1.15. The van der Waals surface area contributed by atoms with Gasteiger partial charge in [-0.2, -0.15) is 17.5 Å². The number of nitro groups is 1. The molecule has 0 saturated carbocycles. The molecule has 0 spiro atoms. The van der Waals surface area contributed by atoms with Crippen molar-refractivity contribution in [3.8, 4) is 0 Å². The zero-order valence-electron chi connectivity index (χ0n) is 7.98. The van der Waals surface area contributed by atoms with E-state index < -0.39 is 4.92 Å². The van der Waals surface area contributed by atoms with Gasteiger partial charge in [-0.1, -0.05) is 13.8 Å². The Balaban J connectivity index is 0.00000169. The van der Waals surface area contributed by atoms with Crippen molar-refractivity contribution in [2.45, 2.75) is 13.8 Å². The fraction of sp³-hybridized carbons (Fsp3) is 0.222. The van der Waals surface area contributed by atoms with Crippen molar-refractivity contribution in [2.24, 2.45) is 0 Å². The quantitative estimate of drug-likeness (QED) is 0.379. The Labute approximate surface area is 96.9 Å². The molecule has 1 rings (SSSR count). The second kappa shape index (κ2) is 5.01. The van der Waals surface area contributed by atoms with Crippen LogP contribution in [0.3, 0.4) is 0 Å². The third kappa shape index (κ3) is 2.48. The molecule has 0 aromatic heterocycles. The molecule has 0 amide bonds. The van der Waals surface area contributed by atoms with Crippen LogP contribution in [0.15, 0.2) is 18.2 Å². The summed E-state index contributed by atoms with van der Waals surface area (Å²) < 4.78 is 0. The molecule has 1 aromatic carbocycles. The van der Waals surface area contributed by atoms with E-state index in [9.17, 15) is 10.1 Å². The van der Waals surface area contributed by atoms with Crippen molar-refractivity contribution in [1.29, 1.82) is 0 Å². The summed E-state index contributed by atoms with van der Waals surface area (Å²) in [5, 5.41) is 10.5. The maximum absolute atomic E-state index is 10.5. The molecular weight excluding hydrogens is 352 g/mol. The van der Waals surface area contributed by atoms with E-state index in [4.69, 9.17) is 5.73 Å². The van der Waals surface area contributed by atoms with E-state index in [1.54, 1.807) is 12.1 Å². The molecule has 1 aromatic rings. The Morgan fingerprint density at radius 3 is 2.43 bits per heavy atom. The topological polar surface area (TPSA) is 69.2 Å². The first-order valence-corrected chi connectivity index (χ1v) is 3.87. The van der Waals surface area contributed by atoms with Gasteiger partial charge < -0.3 is 5.73 Å². The van der Waals surface area contributed by atoms with Gasteiger partial charge in [0, 0.05) is 26.8 Å². The molecule has 0 atom stereocenters. The van der Waals surface area contributed by atoms with Crippen LogP contribution < -0.4 is 5.73 Å². The van der Waals surface area contributed by atoms with Crippen LogP contribution in [-0.2, 0) is 21.1 Å². The van der Waals surface area contributed by atoms with E-state index in [-0.39, 0.29) is 32.4 Å². The van der Waals surface area contributed by atoms with Gasteiger partial charge in [0.1, 0.15) is 0 Å². The number of nitrogens with zero attached hydrogens (tertiary/aromatic N) is 1. The normalized spacial score (nSPS) is 9.00. The van der Waals surface area contributed by atoms with Gasteiger partial charge in [-0.05, 0) is 6.07 Å². The van der Waals surface area contributed by atoms with Crippen LogP contribution in [0.5, 0.6) is 0 Å². The van der Waals surface area contributed by atoms with Gasteiger partial charge in [-0.15, -0.1) is 6.07 Å². The fourth-order valence-electron chi connectivity index (χ4n) is 1.15. The van der Waals surface area contributed by atoms with Crippen molar-refractivity contribution in [3.63, 3.8) is 0 Å². The van der Waals surface area contributed by atoms with Gasteiger partial charge in [-0.25, -0.2) is 0 Å². The van der Waals surface area contributed by atoms with Gasteiger partial charge in [0.2, 0.25) is 5.69 Å². The summed E-state index contributed by atoms with van der Waals surface area (Å²) >= 11 is 0. The van der Waals surface area contributed by atoms with Gasteiger partial charge in [-0.3, -0.25) is 10.1 Å². The maximum atomic E-state index is 10.5. The first-order chi connectivity index (χ1) is 6.04. The number of nitrogen functional groups attached to an aromatic ring is 1. The largest absolute Gasteiger partial charge is 0.444 e. The van der Waals surface area contributed by atoms with Gasteiger partial charge in [0.05, 0.1) is 4.92 Å². The minimum atomic E-state index is -0.470. The molecule has 0 radical (unpaired) electrons. The molecule has 0 unspecified atom stereocenters. The van der Waals surface area contributed by atoms with E-state index in [2.05, 4.69) is 0 Å². The SMILES string of the molecule is C[C-](C)c1cccc([N+](=O)[O-])c1N.[W]. The molecule has 0 aliphatic carbocycles. The average molecular weight is 363 g/mol. The van der Waals surface area contributed by atoms with Crippen molar-refractivity contribution < 1.29 is 26.0 Å². The summed E-state index contributed by atoms with van der Waals surface area (Å²) in [6.07, 6.45) is 0. The van der Waals surface area contributed by atoms with Crippen LogP contribution in [0.25, 0.3) is 0 Å². The monoisotopic (exact) mass is 363 g/mol. The number of benzene rings is 1. The summed E-state index contributed by atoms with van der Waals surface area (Å²) in [4.78, 5) is 10.0. The molecule has 14 heavy (non-hydrogen) atoms. The van der Waals surface area contributed by atoms with Gasteiger partial charge in [0.15, 0.2) is 0 Å². The molecule has 0 heterocycles. The summed E-state index contributed by atoms with van der Waals surface area (Å²) in [5.41, 5.74) is 6.58. The van der Waals surface area contributed by atoms with Crippen molar-refractivity contribution in [3.05, 3.63) is 39.8 Å². The maximum Gasteiger partial charge on any atom is 0.238 e. The second-order valence-corrected chi connectivity index (χ2v) is 3.00. The Morgan fingerprint density at radius 2 is 2.00 bits per heavy atom. The molecule has 76 valence electrons. The van der Waals surface area contributed by atoms with E-state index in [1.165, 1.54) is 6.07 Å². The van der Waals surface area contributed by atoms with E-state index in [1.807, 2.05) is 13.8 Å². The van der Waals surface area contributed by atoms with Crippen LogP contribution in [0.4, 0.5) is 11.4 Å². The predicted molar refractivity (Wildman–Crippen MR) is 51.2 cm³/mol. The zero-order valence-corrected chi connectivity index (χ0v) is 10.9. The Kier molecular flexibility index (Phi) is 4.64. The number of para-hydroxylation sites is 1. The van der Waals surface area contributed by atoms with Crippen LogP contribution in [0.2, 0.25) is 0 Å². The minimum absolute atomic E-state index is 0. The first kappa shape index (κ1) is 13.0. The van der Waals surface area contributed by atoms with Gasteiger partial charge >= 0.3 is 0 Å². The molecule has 2 N–H and O–H groups in total. The molecule has 0 saturated heterocycles. The summed E-state index contributed by atoms with van der Waals surface area (Å²) in [6.45, 7) is 3.74. The number of nitro benzene ring substituents is 1. The van der Waals surface area contributed by atoms with E-state index in [0.717, 1.165) is 11.5 Å². The molecule has 0 aliphatic heterocycles. The minimum Gasteiger partial charge on any atom is -0.444 e. The third-order valence-corrected chi connectivity index (χ3v) is 1.82. The number of nitrogens with two attached hydrogens (primary N) is 1. The Bertz CT molecular complexity index is 340. The molecular formula is C9H11N2O2W-. The molecule has 5 heteroatoms. The van der Waals surface area contributed by atoms with Gasteiger partial charge in [0.25, 0.3) is 0 Å². The first-order valence-electron chi connectivity index (χ1n) is 3.87. The van der Waals surface area contributed by atoms with Crippen LogP contribution in [0, 0.1) is 16.0 Å². The Morgan fingerprint density at radius 1 is 1.43 bits per heavy atom. The number of rotatable bonds is 2. The van der Waals surface area contributed by atoms with E-state index in [0.29, 0.717) is 0 Å². The summed E-state index contributed by atoms with van der Waals surface area (Å²) in [7, 11) is 0. The summed E-state index contributed by atoms with van der Waals surface area (Å²) in [6, 6.07) is 4.82. The Hall–Kier alpha value is -1.02. The summed E-state index contributed by atoms with van der Waals surface area (Å²) in [5.74, 6) is 0.973. The van der Waals surface area contributed by atoms with Crippen molar-refractivity contribution in [1.82, 2.24) is 0 Å². The molecule has 0 aliphatic rings. The van der Waals surface area contributed by atoms with Crippen LogP contribution in [-0.4, -0.2) is 4.92 Å².